The van der Waals surface area contributed by atoms with E-state index < -0.39 is 0 Å². The normalized spacial score (nSPS) is 10.9. The molecule has 1 N–H and O–H groups in total. The van der Waals surface area contributed by atoms with Gasteiger partial charge < -0.3 is 10.1 Å². The first-order valence-electron chi connectivity index (χ1n) is 8.56. The number of benzene rings is 2. The van der Waals surface area contributed by atoms with Gasteiger partial charge in [-0.3, -0.25) is 0 Å². The van der Waals surface area contributed by atoms with Gasteiger partial charge in [0, 0.05) is 23.3 Å². The molecule has 0 fully saturated rings. The van der Waals surface area contributed by atoms with E-state index in [1.165, 1.54) is 11.9 Å². The molecule has 136 valence electrons. The first-order valence-corrected chi connectivity index (χ1v) is 8.94. The third kappa shape index (κ3) is 3.71. The summed E-state index contributed by atoms with van der Waals surface area (Å²) >= 11 is 5.95. The van der Waals surface area contributed by atoms with Crippen LogP contribution < -0.4 is 10.1 Å². The summed E-state index contributed by atoms with van der Waals surface area (Å²) in [4.78, 5) is 8.58. The minimum Gasteiger partial charge on any atom is -0.497 e. The maximum atomic E-state index is 5.95. The van der Waals surface area contributed by atoms with Gasteiger partial charge in [-0.1, -0.05) is 35.9 Å². The number of fused-ring (bicyclic) bond motifs is 1. The molecule has 2 heterocycles. The summed E-state index contributed by atoms with van der Waals surface area (Å²) in [5.41, 5.74) is 3.18. The Bertz CT molecular complexity index is 1040. The van der Waals surface area contributed by atoms with Crippen LogP contribution in [0.15, 0.2) is 61.1 Å². The van der Waals surface area contributed by atoms with Gasteiger partial charge in [-0.05, 0) is 41.8 Å². The molecule has 0 aliphatic carbocycles. The largest absolute Gasteiger partial charge is 0.497 e. The van der Waals surface area contributed by atoms with E-state index in [1.54, 1.807) is 11.6 Å². The van der Waals surface area contributed by atoms with Gasteiger partial charge in [0.25, 0.3) is 5.78 Å². The molecule has 0 spiro atoms. The van der Waals surface area contributed by atoms with Crippen molar-refractivity contribution >= 4 is 23.2 Å². The predicted octanol–water partition coefficient (Wildman–Crippen LogP) is 4.11. The van der Waals surface area contributed by atoms with Crippen molar-refractivity contribution in [3.05, 3.63) is 71.6 Å². The molecule has 0 saturated heterocycles. The van der Waals surface area contributed by atoms with Crippen LogP contribution >= 0.6 is 11.6 Å². The smallest absolute Gasteiger partial charge is 0.254 e. The van der Waals surface area contributed by atoms with Crippen LogP contribution in [0.2, 0.25) is 5.02 Å². The van der Waals surface area contributed by atoms with E-state index in [1.807, 2.05) is 54.7 Å². The number of nitrogens with zero attached hydrogens (tertiary/aromatic N) is 4. The number of methoxy groups -OCH3 is 1. The van der Waals surface area contributed by atoms with E-state index in [0.29, 0.717) is 5.78 Å². The first-order chi connectivity index (χ1) is 13.2. The highest BCUT2D eigenvalue weighted by atomic mass is 35.5. The number of aromatic nitrogens is 4. The van der Waals surface area contributed by atoms with E-state index in [9.17, 15) is 0 Å². The Labute approximate surface area is 161 Å². The van der Waals surface area contributed by atoms with Crippen molar-refractivity contribution in [3.63, 3.8) is 0 Å². The maximum absolute atomic E-state index is 5.95. The lowest BCUT2D eigenvalue weighted by molar-refractivity contribution is 0.415. The fourth-order valence-electron chi connectivity index (χ4n) is 2.91. The van der Waals surface area contributed by atoms with Crippen LogP contribution in [0, 0.1) is 0 Å². The summed E-state index contributed by atoms with van der Waals surface area (Å²) in [6.07, 6.45) is 4.18. The molecule has 27 heavy (non-hydrogen) atoms. The van der Waals surface area contributed by atoms with Gasteiger partial charge >= 0.3 is 0 Å². The Morgan fingerprint density at radius 3 is 2.56 bits per heavy atom. The quantitative estimate of drug-likeness (QED) is 0.546. The zero-order valence-electron chi connectivity index (χ0n) is 14.8. The van der Waals surface area contributed by atoms with Crippen LogP contribution in [0.5, 0.6) is 5.75 Å². The van der Waals surface area contributed by atoms with Crippen molar-refractivity contribution in [2.75, 3.05) is 19.0 Å². The Morgan fingerprint density at radius 2 is 1.81 bits per heavy atom. The number of nitrogens with one attached hydrogen (secondary N) is 1. The second-order valence-electron chi connectivity index (χ2n) is 6.02. The van der Waals surface area contributed by atoms with Crippen molar-refractivity contribution in [1.29, 1.82) is 0 Å². The van der Waals surface area contributed by atoms with Gasteiger partial charge in [0.1, 0.15) is 17.9 Å². The molecule has 4 rings (SSSR count). The Morgan fingerprint density at radius 1 is 1.04 bits per heavy atom. The van der Waals surface area contributed by atoms with Crippen molar-refractivity contribution in [1.82, 2.24) is 19.6 Å². The lowest BCUT2D eigenvalue weighted by Gasteiger charge is -2.13. The van der Waals surface area contributed by atoms with Gasteiger partial charge in [-0.25, -0.2) is 4.98 Å². The van der Waals surface area contributed by atoms with Crippen molar-refractivity contribution in [3.8, 4) is 16.9 Å². The molecule has 0 aliphatic rings. The molecule has 7 heteroatoms. The molecular weight excluding hydrogens is 362 g/mol. The first kappa shape index (κ1) is 17.3. The monoisotopic (exact) mass is 379 g/mol. The fraction of sp³-hybridized carbons (Fsp3) is 0.150. The number of rotatable bonds is 6. The number of anilines is 1. The van der Waals surface area contributed by atoms with Crippen molar-refractivity contribution in [2.45, 2.75) is 6.42 Å². The topological polar surface area (TPSA) is 64.3 Å². The highest BCUT2D eigenvalue weighted by Crippen LogP contribution is 2.28. The van der Waals surface area contributed by atoms with Crippen LogP contribution in [0.1, 0.15) is 5.56 Å². The summed E-state index contributed by atoms with van der Waals surface area (Å²) in [5, 5.41) is 8.55. The minimum atomic E-state index is 0.557. The molecule has 0 aliphatic heterocycles. The Kier molecular flexibility index (Phi) is 4.89. The molecule has 0 radical (unpaired) electrons. The SMILES string of the molecule is COc1ccc(-c2cnc3ncnn3c2NCCc2ccc(Cl)cc2)cc1. The Hall–Kier alpha value is -3.12. The number of halogens is 1. The number of ether oxygens (including phenoxy) is 1. The van der Waals surface area contributed by atoms with E-state index >= 15 is 0 Å². The lowest BCUT2D eigenvalue weighted by Crippen LogP contribution is -2.11. The Balaban J connectivity index is 1.62. The maximum Gasteiger partial charge on any atom is 0.254 e. The van der Waals surface area contributed by atoms with Crippen LogP contribution in [-0.4, -0.2) is 33.2 Å². The predicted molar refractivity (Wildman–Crippen MR) is 106 cm³/mol. The molecule has 6 nitrogen and oxygen atoms in total. The number of hydrogen-bond donors (Lipinski definition) is 1. The highest BCUT2D eigenvalue weighted by Gasteiger charge is 2.12. The molecule has 0 atom stereocenters. The molecular formula is C20H18ClN5O. The summed E-state index contributed by atoms with van der Waals surface area (Å²) in [7, 11) is 1.65. The molecule has 0 saturated carbocycles. The second-order valence-corrected chi connectivity index (χ2v) is 6.46. The fourth-order valence-corrected chi connectivity index (χ4v) is 3.03. The zero-order valence-corrected chi connectivity index (χ0v) is 15.5. The van der Waals surface area contributed by atoms with Crippen LogP contribution in [0.25, 0.3) is 16.9 Å². The van der Waals surface area contributed by atoms with Crippen molar-refractivity contribution in [2.24, 2.45) is 0 Å². The van der Waals surface area contributed by atoms with E-state index in [-0.39, 0.29) is 0 Å². The van der Waals surface area contributed by atoms with Gasteiger partial charge in [0.2, 0.25) is 0 Å². The minimum absolute atomic E-state index is 0.557. The molecule has 2 aromatic carbocycles. The number of hydrogen-bond acceptors (Lipinski definition) is 5. The molecule has 2 aromatic heterocycles. The second kappa shape index (κ2) is 7.63. The summed E-state index contributed by atoms with van der Waals surface area (Å²) in [5.74, 6) is 2.23. The zero-order chi connectivity index (χ0) is 18.6. The lowest BCUT2D eigenvalue weighted by atomic mass is 10.1. The average molecular weight is 380 g/mol. The third-order valence-electron chi connectivity index (χ3n) is 4.33. The van der Waals surface area contributed by atoms with Crippen molar-refractivity contribution < 1.29 is 4.74 Å². The average Bonchev–Trinajstić information content (AvgIpc) is 3.19. The molecule has 0 amide bonds. The van der Waals surface area contributed by atoms with E-state index in [0.717, 1.165) is 40.7 Å². The third-order valence-corrected chi connectivity index (χ3v) is 4.58. The molecule has 0 bridgehead atoms. The van der Waals surface area contributed by atoms with Gasteiger partial charge in [0.05, 0.1) is 7.11 Å². The highest BCUT2D eigenvalue weighted by molar-refractivity contribution is 6.30. The van der Waals surface area contributed by atoms with Gasteiger partial charge in [0.15, 0.2) is 0 Å². The van der Waals surface area contributed by atoms with Crippen LogP contribution in [0.4, 0.5) is 5.82 Å². The summed E-state index contributed by atoms with van der Waals surface area (Å²) in [6, 6.07) is 15.7. The summed E-state index contributed by atoms with van der Waals surface area (Å²) in [6.45, 7) is 0.740. The van der Waals surface area contributed by atoms with Gasteiger partial charge in [-0.15, -0.1) is 0 Å². The molecule has 4 aromatic rings. The summed E-state index contributed by atoms with van der Waals surface area (Å²) < 4.78 is 6.97. The standard InChI is InChI=1S/C20H18ClN5O/c1-27-17-8-4-15(5-9-17)18-12-23-20-24-13-25-26(20)19(18)22-11-10-14-2-6-16(21)7-3-14/h2-9,12-13,22H,10-11H2,1H3. The van der Waals surface area contributed by atoms with Crippen LogP contribution in [0.3, 0.4) is 0 Å². The van der Waals surface area contributed by atoms with Crippen LogP contribution in [-0.2, 0) is 6.42 Å². The van der Waals surface area contributed by atoms with E-state index in [2.05, 4.69) is 20.4 Å². The molecule has 0 unspecified atom stereocenters. The van der Waals surface area contributed by atoms with E-state index in [4.69, 9.17) is 16.3 Å². The van der Waals surface area contributed by atoms with Gasteiger partial charge in [-0.2, -0.15) is 14.6 Å².